The highest BCUT2D eigenvalue weighted by Crippen LogP contribution is 2.36. The molecule has 8 aliphatic rings. The lowest BCUT2D eigenvalue weighted by atomic mass is 9.86. The van der Waals surface area contributed by atoms with Crippen LogP contribution in [0, 0.1) is 0 Å². The second-order valence-corrected chi connectivity index (χ2v) is 22.8. The molecule has 38 heteroatoms. The Morgan fingerprint density at radius 3 is 0.989 bits per heavy atom. The fourth-order valence-corrected chi connectivity index (χ4v) is 11.7. The monoisotopic (exact) mass is 1290 g/mol. The van der Waals surface area contributed by atoms with Gasteiger partial charge in [0.2, 0.25) is 0 Å². The van der Waals surface area contributed by atoms with Crippen molar-refractivity contribution in [1.82, 2.24) is 10.6 Å². The lowest BCUT2D eigenvalue weighted by Gasteiger charge is -2.48. The van der Waals surface area contributed by atoms with Gasteiger partial charge < -0.3 is 191 Å². The Balaban J connectivity index is 0.000000251. The van der Waals surface area contributed by atoms with Crippen molar-refractivity contribution in [3.63, 3.8) is 0 Å². The van der Waals surface area contributed by atoms with Gasteiger partial charge in [0.05, 0.1) is 76.0 Å². The van der Waals surface area contributed by atoms with E-state index in [1.807, 2.05) is 0 Å². The fourth-order valence-electron chi connectivity index (χ4n) is 11.7. The van der Waals surface area contributed by atoms with Crippen LogP contribution < -0.4 is 16.4 Å². The maximum atomic E-state index is 10.9. The van der Waals surface area contributed by atoms with Crippen LogP contribution in [-0.2, 0) is 47.4 Å². The van der Waals surface area contributed by atoms with E-state index in [0.29, 0.717) is 0 Å². The van der Waals surface area contributed by atoms with Gasteiger partial charge in [0.1, 0.15) is 165 Å². The summed E-state index contributed by atoms with van der Waals surface area (Å²) in [5.74, 6) is 0. The van der Waals surface area contributed by atoms with E-state index in [2.05, 4.69) is 10.6 Å². The molecule has 0 saturated carbocycles. The van der Waals surface area contributed by atoms with E-state index in [1.54, 1.807) is 0 Å². The van der Waals surface area contributed by atoms with Gasteiger partial charge in [-0.2, -0.15) is 0 Å². The van der Waals surface area contributed by atoms with Crippen molar-refractivity contribution in [1.29, 1.82) is 0 Å². The predicted molar refractivity (Wildman–Crippen MR) is 277 cm³/mol. The highest BCUT2D eigenvalue weighted by molar-refractivity contribution is 5.23. The molecule has 0 spiro atoms. The molecule has 6 aliphatic heterocycles. The Kier molecular flexibility index (Phi) is 26.2. The number of nitrogens with two attached hydrogens (primary N) is 1. The fraction of sp³-hybridized carbons (Fsp3) is 0.920. The van der Waals surface area contributed by atoms with E-state index < -0.39 is 272 Å². The van der Waals surface area contributed by atoms with Gasteiger partial charge in [-0.05, 0) is 25.0 Å². The average Bonchev–Trinajstić information content (AvgIpc) is 1.18. The zero-order valence-corrected chi connectivity index (χ0v) is 47.2. The van der Waals surface area contributed by atoms with Crippen molar-refractivity contribution in [3.05, 3.63) is 23.3 Å². The normalized spacial score (nSPS) is 52.0. The molecule has 8 rings (SSSR count). The van der Waals surface area contributed by atoms with E-state index in [0.717, 1.165) is 0 Å². The summed E-state index contributed by atoms with van der Waals surface area (Å²) in [6.45, 7) is -1.39. The Morgan fingerprint density at radius 1 is 0.352 bits per heavy atom. The Hall–Kier alpha value is -2.04. The van der Waals surface area contributed by atoms with Gasteiger partial charge in [0.15, 0.2) is 31.5 Å². The summed E-state index contributed by atoms with van der Waals surface area (Å²) < 4.78 is 55.1. The van der Waals surface area contributed by atoms with E-state index in [1.165, 1.54) is 26.0 Å². The first kappa shape index (κ1) is 73.4. The van der Waals surface area contributed by atoms with Crippen LogP contribution in [0.4, 0.5) is 0 Å². The highest BCUT2D eigenvalue weighted by atomic mass is 16.8. The number of aliphatic hydroxyl groups excluding tert-OH is 25. The minimum absolute atomic E-state index is 0.0225. The van der Waals surface area contributed by atoms with E-state index in [4.69, 9.17) is 53.1 Å². The second-order valence-electron chi connectivity index (χ2n) is 22.8. The molecule has 16 unspecified atom stereocenters. The van der Waals surface area contributed by atoms with Gasteiger partial charge in [0, 0.05) is 0 Å². The zero-order valence-electron chi connectivity index (χ0n) is 47.2. The summed E-state index contributed by atoms with van der Waals surface area (Å²) in [6.07, 6.45) is -51.9. The smallest absolute Gasteiger partial charge is 0.187 e. The van der Waals surface area contributed by atoms with Crippen molar-refractivity contribution in [3.8, 4) is 0 Å². The predicted octanol–water partition coefficient (Wildman–Crippen LogP) is -17.2. The number of hydrogen-bond acceptors (Lipinski definition) is 38. The molecule has 0 radical (unpaired) electrons. The van der Waals surface area contributed by atoms with Crippen molar-refractivity contribution in [2.45, 2.75) is 247 Å². The molecule has 88 heavy (non-hydrogen) atoms. The summed E-state index contributed by atoms with van der Waals surface area (Å²) >= 11 is 0. The largest absolute Gasteiger partial charge is 0.394 e. The summed E-state index contributed by atoms with van der Waals surface area (Å²) in [7, 11) is 0. The third-order valence-electron chi connectivity index (χ3n) is 17.0. The van der Waals surface area contributed by atoms with Crippen LogP contribution in [0.1, 0.15) is 13.8 Å². The molecule has 0 aromatic rings. The molecule has 0 bridgehead atoms. The minimum atomic E-state index is -1.93. The van der Waals surface area contributed by atoms with Gasteiger partial charge in [-0.15, -0.1) is 0 Å². The number of nitrogens with one attached hydrogen (secondary N) is 2. The van der Waals surface area contributed by atoms with Crippen LogP contribution >= 0.6 is 0 Å². The highest BCUT2D eigenvalue weighted by Gasteiger charge is 2.56. The molecular formula is C50H87N3O35. The lowest BCUT2D eigenvalue weighted by Crippen LogP contribution is -2.68. The molecule has 38 atom stereocenters. The molecule has 38 nitrogen and oxygen atoms in total. The molecule has 0 amide bonds. The molecular weight excluding hydrogens is 1200 g/mol. The van der Waals surface area contributed by atoms with Gasteiger partial charge in [0.25, 0.3) is 0 Å². The SMILES string of the molecule is CC1O[C@@H](O[C@H]2C(CO)O[C@@H](O[C@H]3C(CO)OC(N)C(O)[C@@H]3O)C(O)[C@@H]2O)C(O)[C@H](O)[C@H]1N[C@@H]1C=C(CO)[C@H](O)[C@@H](O)C1O.CC1O[C@@H](O[C@H]2C(CO)O[C@@H](O[C@H]3C(CO)OC(O)C(O)[C@@H]3O)C(O)[C@@H]2O)C(O)[C@H](O)[C@H]1N[C@@H]1C=C(CO)[C@H](O)[C@@H](O)C1O. The Labute approximate surface area is 500 Å². The number of ether oxygens (including phenoxy) is 10. The molecule has 6 heterocycles. The van der Waals surface area contributed by atoms with E-state index in [-0.39, 0.29) is 11.1 Å². The summed E-state index contributed by atoms with van der Waals surface area (Å²) in [5.41, 5.74) is 5.63. The lowest BCUT2D eigenvalue weighted by molar-refractivity contribution is -0.373. The van der Waals surface area contributed by atoms with Crippen LogP contribution in [0.25, 0.3) is 0 Å². The number of rotatable bonds is 18. The van der Waals surface area contributed by atoms with Crippen LogP contribution in [0.3, 0.4) is 0 Å². The maximum Gasteiger partial charge on any atom is 0.187 e. The van der Waals surface area contributed by atoms with Crippen molar-refractivity contribution in [2.75, 3.05) is 39.6 Å². The van der Waals surface area contributed by atoms with Crippen LogP contribution in [-0.4, -0.2) is 400 Å². The summed E-state index contributed by atoms with van der Waals surface area (Å²) in [4.78, 5) is 0. The van der Waals surface area contributed by atoms with E-state index >= 15 is 0 Å². The first-order chi connectivity index (χ1) is 41.5. The van der Waals surface area contributed by atoms with Gasteiger partial charge in [-0.1, -0.05) is 12.2 Å². The van der Waals surface area contributed by atoms with Gasteiger partial charge >= 0.3 is 0 Å². The standard InChI is InChI=1S/C25H44N2O17.C25H43NO18/c1-6-11(27-8-2-7(3-28)12(31)15(34)13(8)32)14(33)19(38)24(40-6)43-22-10(5-30)42-25(20(39)17(22)36)44-21-9(4-29)41-23(26)18(37)16(21)35;1-6-11(26-8-2-7(3-27)12(30)15(33)13(8)31)14(32)19(37)24(40-6)43-22-10(5-29)42-25(20(38)17(22)35)44-21-9(4-28)41-23(39)18(36)16(21)34/h2,6,8-25,27-39H,3-5,26H2,1H3;2,6,8-39H,3-5H2,1H3/t2*6?,8-,9?,10?,11+,12+,13?,14-,15-,16+,17+,18?,19?,20?,21+,22+,23?,24+,25+/m11/s1. The molecule has 512 valence electrons. The molecule has 0 aromatic heterocycles. The molecule has 2 aliphatic carbocycles. The van der Waals surface area contributed by atoms with Crippen LogP contribution in [0.15, 0.2) is 23.3 Å². The number of aliphatic hydroxyl groups is 25. The topological polar surface area (TPSA) is 648 Å². The van der Waals surface area contributed by atoms with Crippen molar-refractivity contribution < 1.29 is 175 Å². The average molecular weight is 1290 g/mol. The Bertz CT molecular complexity index is 2070. The van der Waals surface area contributed by atoms with E-state index in [9.17, 15) is 128 Å². The third kappa shape index (κ3) is 15.4. The van der Waals surface area contributed by atoms with Gasteiger partial charge in [-0.25, -0.2) is 0 Å². The first-order valence-electron chi connectivity index (χ1n) is 28.3. The molecule has 29 N–H and O–H groups in total. The zero-order chi connectivity index (χ0) is 65.2. The summed E-state index contributed by atoms with van der Waals surface area (Å²) in [5, 5.41) is 262. The molecule has 6 saturated heterocycles. The minimum Gasteiger partial charge on any atom is -0.394 e. The summed E-state index contributed by atoms with van der Waals surface area (Å²) in [6, 6.07) is -4.32. The van der Waals surface area contributed by atoms with Crippen LogP contribution in [0.5, 0.6) is 0 Å². The van der Waals surface area contributed by atoms with Gasteiger partial charge in [-0.3, -0.25) is 0 Å². The molecule has 0 aromatic carbocycles. The molecule has 6 fully saturated rings. The van der Waals surface area contributed by atoms with Crippen molar-refractivity contribution in [2.24, 2.45) is 5.73 Å². The first-order valence-corrected chi connectivity index (χ1v) is 28.3. The van der Waals surface area contributed by atoms with Crippen LogP contribution in [0.2, 0.25) is 0 Å². The quantitative estimate of drug-likeness (QED) is 0.0567. The maximum absolute atomic E-state index is 10.9. The van der Waals surface area contributed by atoms with Crippen molar-refractivity contribution >= 4 is 0 Å². The Morgan fingerprint density at radius 2 is 0.648 bits per heavy atom. The third-order valence-corrected chi connectivity index (χ3v) is 17.0. The number of hydrogen-bond donors (Lipinski definition) is 28. The second kappa shape index (κ2) is 31.5.